The van der Waals surface area contributed by atoms with Gasteiger partial charge in [0.05, 0.1) is 18.8 Å². The number of rotatable bonds is 4. The van der Waals surface area contributed by atoms with Crippen LogP contribution in [0.1, 0.15) is 30.6 Å². The second-order valence-corrected chi connectivity index (χ2v) is 3.80. The average molecular weight is 192 g/mol. The van der Waals surface area contributed by atoms with Crippen molar-refractivity contribution in [2.75, 3.05) is 6.61 Å². The molecule has 14 heavy (non-hydrogen) atoms. The Morgan fingerprint density at radius 2 is 2.07 bits per heavy atom. The largest absolute Gasteiger partial charge is 0.388 e. The SMILES string of the molecule is CCc1ccc(C(O)CC2CO2)cc1. The molecule has 1 aromatic carbocycles. The van der Waals surface area contributed by atoms with Crippen LogP contribution in [0.5, 0.6) is 0 Å². The van der Waals surface area contributed by atoms with E-state index in [2.05, 4.69) is 19.1 Å². The quantitative estimate of drug-likeness (QED) is 0.741. The maximum Gasteiger partial charge on any atom is 0.0837 e. The van der Waals surface area contributed by atoms with Gasteiger partial charge in [0.2, 0.25) is 0 Å². The molecule has 2 heteroatoms. The van der Waals surface area contributed by atoms with E-state index in [0.29, 0.717) is 0 Å². The van der Waals surface area contributed by atoms with E-state index in [1.807, 2.05) is 12.1 Å². The van der Waals surface area contributed by atoms with E-state index in [4.69, 9.17) is 4.74 Å². The molecule has 0 aliphatic carbocycles. The van der Waals surface area contributed by atoms with Crippen molar-refractivity contribution in [2.45, 2.75) is 32.0 Å². The lowest BCUT2D eigenvalue weighted by atomic mass is 10.0. The molecule has 76 valence electrons. The minimum absolute atomic E-state index is 0.288. The first kappa shape index (κ1) is 9.69. The first-order valence-corrected chi connectivity index (χ1v) is 5.18. The number of epoxide rings is 1. The molecule has 1 aromatic rings. The summed E-state index contributed by atoms with van der Waals surface area (Å²) in [7, 11) is 0. The summed E-state index contributed by atoms with van der Waals surface area (Å²) in [5.41, 5.74) is 2.31. The molecular weight excluding hydrogens is 176 g/mol. The highest BCUT2D eigenvalue weighted by molar-refractivity contribution is 5.24. The summed E-state index contributed by atoms with van der Waals surface area (Å²) in [5.74, 6) is 0. The van der Waals surface area contributed by atoms with Gasteiger partial charge >= 0.3 is 0 Å². The van der Waals surface area contributed by atoms with Crippen LogP contribution < -0.4 is 0 Å². The molecule has 1 saturated heterocycles. The molecular formula is C12H16O2. The fraction of sp³-hybridized carbons (Fsp3) is 0.500. The highest BCUT2D eigenvalue weighted by Crippen LogP contribution is 2.25. The van der Waals surface area contributed by atoms with E-state index in [1.165, 1.54) is 5.56 Å². The molecule has 1 N–H and O–H groups in total. The Labute approximate surface area is 84.5 Å². The van der Waals surface area contributed by atoms with Crippen molar-refractivity contribution in [1.82, 2.24) is 0 Å². The van der Waals surface area contributed by atoms with E-state index in [-0.39, 0.29) is 12.2 Å². The third-order valence-electron chi connectivity index (χ3n) is 2.66. The maximum atomic E-state index is 9.81. The maximum absolute atomic E-state index is 9.81. The zero-order chi connectivity index (χ0) is 9.97. The van der Waals surface area contributed by atoms with Crippen molar-refractivity contribution in [3.05, 3.63) is 35.4 Å². The van der Waals surface area contributed by atoms with Gasteiger partial charge in [-0.2, -0.15) is 0 Å². The van der Waals surface area contributed by atoms with Crippen molar-refractivity contribution in [2.24, 2.45) is 0 Å². The Hall–Kier alpha value is -0.860. The van der Waals surface area contributed by atoms with Crippen LogP contribution >= 0.6 is 0 Å². The van der Waals surface area contributed by atoms with Crippen LogP contribution in [0.15, 0.2) is 24.3 Å². The fourth-order valence-electron chi connectivity index (χ4n) is 1.56. The Bertz CT molecular complexity index is 288. The molecule has 1 fully saturated rings. The molecule has 0 bridgehead atoms. The van der Waals surface area contributed by atoms with Crippen LogP contribution in [0.3, 0.4) is 0 Å². The number of aryl methyl sites for hydroxylation is 1. The van der Waals surface area contributed by atoms with E-state index in [0.717, 1.165) is 25.0 Å². The normalized spacial score (nSPS) is 22.0. The summed E-state index contributed by atoms with van der Waals surface area (Å²) in [6.07, 6.45) is 1.69. The zero-order valence-corrected chi connectivity index (χ0v) is 8.44. The fourth-order valence-corrected chi connectivity index (χ4v) is 1.56. The molecule has 2 rings (SSSR count). The molecule has 1 aliphatic rings. The Kier molecular flexibility index (Phi) is 2.85. The van der Waals surface area contributed by atoms with Gasteiger partial charge in [0.15, 0.2) is 0 Å². The van der Waals surface area contributed by atoms with Gasteiger partial charge in [-0.05, 0) is 17.5 Å². The molecule has 0 aromatic heterocycles. The average Bonchev–Trinajstić information content (AvgIpc) is 3.02. The first-order chi connectivity index (χ1) is 6.79. The summed E-state index contributed by atoms with van der Waals surface area (Å²) in [5, 5.41) is 9.81. The van der Waals surface area contributed by atoms with Gasteiger partial charge in [-0.1, -0.05) is 31.2 Å². The van der Waals surface area contributed by atoms with Crippen molar-refractivity contribution >= 4 is 0 Å². The first-order valence-electron chi connectivity index (χ1n) is 5.18. The third kappa shape index (κ3) is 2.34. The number of aliphatic hydroxyl groups excluding tert-OH is 1. The van der Waals surface area contributed by atoms with E-state index in [9.17, 15) is 5.11 Å². The Morgan fingerprint density at radius 1 is 1.43 bits per heavy atom. The molecule has 0 spiro atoms. The van der Waals surface area contributed by atoms with Crippen LogP contribution in [0, 0.1) is 0 Å². The molecule has 1 aliphatic heterocycles. The van der Waals surface area contributed by atoms with Crippen LogP contribution in [-0.4, -0.2) is 17.8 Å². The lowest BCUT2D eigenvalue weighted by Gasteiger charge is -2.09. The van der Waals surface area contributed by atoms with Crippen LogP contribution in [0.25, 0.3) is 0 Å². The van der Waals surface area contributed by atoms with Crippen LogP contribution in [0.2, 0.25) is 0 Å². The van der Waals surface area contributed by atoms with E-state index >= 15 is 0 Å². The standard InChI is InChI=1S/C12H16O2/c1-2-9-3-5-10(6-4-9)12(13)7-11-8-14-11/h3-6,11-13H,2,7-8H2,1H3. The summed E-state index contributed by atoms with van der Waals surface area (Å²) in [6.45, 7) is 2.94. The highest BCUT2D eigenvalue weighted by Gasteiger charge is 2.26. The lowest BCUT2D eigenvalue weighted by molar-refractivity contribution is 0.154. The van der Waals surface area contributed by atoms with Crippen LogP contribution in [0.4, 0.5) is 0 Å². The third-order valence-corrected chi connectivity index (χ3v) is 2.66. The summed E-state index contributed by atoms with van der Waals surface area (Å²) >= 11 is 0. The van der Waals surface area contributed by atoms with Gasteiger partial charge in [-0.3, -0.25) is 0 Å². The van der Waals surface area contributed by atoms with Gasteiger partial charge in [0.1, 0.15) is 0 Å². The van der Waals surface area contributed by atoms with Gasteiger partial charge in [0.25, 0.3) is 0 Å². The topological polar surface area (TPSA) is 32.8 Å². The van der Waals surface area contributed by atoms with Gasteiger partial charge in [-0.25, -0.2) is 0 Å². The molecule has 0 saturated carbocycles. The van der Waals surface area contributed by atoms with Crippen molar-refractivity contribution in [3.63, 3.8) is 0 Å². The van der Waals surface area contributed by atoms with Gasteiger partial charge in [-0.15, -0.1) is 0 Å². The second-order valence-electron chi connectivity index (χ2n) is 3.80. The van der Waals surface area contributed by atoms with E-state index in [1.54, 1.807) is 0 Å². The second kappa shape index (κ2) is 4.11. The van der Waals surface area contributed by atoms with Crippen molar-refractivity contribution < 1.29 is 9.84 Å². The van der Waals surface area contributed by atoms with Gasteiger partial charge < -0.3 is 9.84 Å². The monoisotopic (exact) mass is 192 g/mol. The molecule has 0 amide bonds. The zero-order valence-electron chi connectivity index (χ0n) is 8.44. The minimum atomic E-state index is -0.367. The predicted octanol–water partition coefficient (Wildman–Crippen LogP) is 2.07. The summed E-state index contributed by atoms with van der Waals surface area (Å²) < 4.78 is 5.09. The summed E-state index contributed by atoms with van der Waals surface area (Å²) in [6, 6.07) is 8.16. The number of benzene rings is 1. The number of hydrogen-bond donors (Lipinski definition) is 1. The van der Waals surface area contributed by atoms with E-state index < -0.39 is 0 Å². The number of ether oxygens (including phenoxy) is 1. The molecule has 2 nitrogen and oxygen atoms in total. The highest BCUT2D eigenvalue weighted by atomic mass is 16.6. The van der Waals surface area contributed by atoms with Gasteiger partial charge in [0, 0.05) is 6.42 Å². The molecule has 1 heterocycles. The molecule has 2 atom stereocenters. The Morgan fingerprint density at radius 3 is 2.57 bits per heavy atom. The lowest BCUT2D eigenvalue weighted by Crippen LogP contribution is -2.01. The molecule has 2 unspecified atom stereocenters. The van der Waals surface area contributed by atoms with Crippen molar-refractivity contribution in [3.8, 4) is 0 Å². The predicted molar refractivity (Wildman–Crippen MR) is 55.1 cm³/mol. The number of hydrogen-bond acceptors (Lipinski definition) is 2. The minimum Gasteiger partial charge on any atom is -0.388 e. The van der Waals surface area contributed by atoms with Crippen LogP contribution in [-0.2, 0) is 11.2 Å². The van der Waals surface area contributed by atoms with Crippen molar-refractivity contribution in [1.29, 1.82) is 0 Å². The Balaban J connectivity index is 1.99. The number of aliphatic hydroxyl groups is 1. The summed E-state index contributed by atoms with van der Waals surface area (Å²) in [4.78, 5) is 0. The molecule has 0 radical (unpaired) electrons. The smallest absolute Gasteiger partial charge is 0.0837 e.